The van der Waals surface area contributed by atoms with Crippen LogP contribution in [-0.4, -0.2) is 33.4 Å². The van der Waals surface area contributed by atoms with E-state index < -0.39 is 16.9 Å². The summed E-state index contributed by atoms with van der Waals surface area (Å²) in [5, 5.41) is 11.1. The minimum absolute atomic E-state index is 0.0380. The Hall–Kier alpha value is -2.78. The summed E-state index contributed by atoms with van der Waals surface area (Å²) < 4.78 is 7.33. The number of non-ortho nitro benzene ring substituents is 1. The van der Waals surface area contributed by atoms with Crippen LogP contribution in [-0.2, 0) is 16.0 Å². The molecule has 2 aromatic heterocycles. The van der Waals surface area contributed by atoms with E-state index in [1.165, 1.54) is 19.2 Å². The molecule has 0 fully saturated rings. The lowest BCUT2D eigenvalue weighted by atomic mass is 10.0. The Morgan fingerprint density at radius 1 is 1.42 bits per heavy atom. The van der Waals surface area contributed by atoms with Gasteiger partial charge in [0.2, 0.25) is 0 Å². The van der Waals surface area contributed by atoms with E-state index in [1.807, 2.05) is 12.3 Å². The number of methoxy groups -OCH3 is 1. The van der Waals surface area contributed by atoms with Gasteiger partial charge in [0, 0.05) is 34.8 Å². The van der Waals surface area contributed by atoms with E-state index in [4.69, 9.17) is 10.5 Å². The first kappa shape index (κ1) is 18.0. The molecular weight excluding hydrogens is 404 g/mol. The maximum absolute atomic E-state index is 11.8. The van der Waals surface area contributed by atoms with E-state index in [0.717, 1.165) is 4.47 Å². The number of pyridine rings is 1. The highest BCUT2D eigenvalue weighted by atomic mass is 79.9. The fourth-order valence-electron chi connectivity index (χ4n) is 2.70. The van der Waals surface area contributed by atoms with Gasteiger partial charge in [-0.2, -0.15) is 0 Å². The third-order valence-electron chi connectivity index (χ3n) is 3.93. The van der Waals surface area contributed by atoms with Crippen LogP contribution >= 0.6 is 15.9 Å². The van der Waals surface area contributed by atoms with Crippen molar-refractivity contribution in [2.24, 2.45) is 5.73 Å². The lowest BCUT2D eigenvalue weighted by molar-refractivity contribution is -0.384. The van der Waals surface area contributed by atoms with Gasteiger partial charge in [-0.25, -0.2) is 4.98 Å². The number of hydrogen-bond acceptors (Lipinski definition) is 6. The van der Waals surface area contributed by atoms with Crippen molar-refractivity contribution < 1.29 is 14.5 Å². The molecule has 1 atom stereocenters. The molecule has 0 amide bonds. The molecule has 0 saturated carbocycles. The SMILES string of the molecule is COC(=O)C(N)Cc1c(-c2cccc([N+](=O)[O-])c2)nc2ccc(Br)cn12. The van der Waals surface area contributed by atoms with E-state index in [9.17, 15) is 14.9 Å². The molecule has 1 aromatic carbocycles. The lowest BCUT2D eigenvalue weighted by Crippen LogP contribution is -2.34. The van der Waals surface area contributed by atoms with Crippen molar-refractivity contribution in [1.29, 1.82) is 0 Å². The second-order valence-electron chi connectivity index (χ2n) is 5.62. The molecule has 134 valence electrons. The number of imidazole rings is 1. The predicted molar refractivity (Wildman–Crippen MR) is 98.7 cm³/mol. The van der Waals surface area contributed by atoms with Gasteiger partial charge < -0.3 is 14.9 Å². The van der Waals surface area contributed by atoms with Gasteiger partial charge >= 0.3 is 5.97 Å². The maximum Gasteiger partial charge on any atom is 0.323 e. The van der Waals surface area contributed by atoms with Crippen molar-refractivity contribution >= 4 is 33.2 Å². The first-order valence-corrected chi connectivity index (χ1v) is 8.44. The summed E-state index contributed by atoms with van der Waals surface area (Å²) in [6.07, 6.45) is 1.98. The summed E-state index contributed by atoms with van der Waals surface area (Å²) in [4.78, 5) is 27.0. The van der Waals surface area contributed by atoms with Crippen LogP contribution in [0.25, 0.3) is 16.9 Å². The number of carbonyl (C=O) groups excluding carboxylic acids is 1. The van der Waals surface area contributed by atoms with Crippen molar-refractivity contribution in [3.8, 4) is 11.3 Å². The number of nitro groups is 1. The maximum atomic E-state index is 11.8. The minimum atomic E-state index is -0.878. The second-order valence-corrected chi connectivity index (χ2v) is 6.54. The average Bonchev–Trinajstić information content (AvgIpc) is 2.98. The number of fused-ring (bicyclic) bond motifs is 1. The highest BCUT2D eigenvalue weighted by Gasteiger charge is 2.22. The molecule has 1 unspecified atom stereocenters. The number of ether oxygens (including phenoxy) is 1. The van der Waals surface area contributed by atoms with Crippen molar-refractivity contribution in [1.82, 2.24) is 9.38 Å². The largest absolute Gasteiger partial charge is 0.468 e. The van der Waals surface area contributed by atoms with Crippen molar-refractivity contribution in [3.05, 3.63) is 62.9 Å². The van der Waals surface area contributed by atoms with E-state index in [0.29, 0.717) is 22.6 Å². The summed E-state index contributed by atoms with van der Waals surface area (Å²) in [7, 11) is 1.27. The minimum Gasteiger partial charge on any atom is -0.468 e. The van der Waals surface area contributed by atoms with Gasteiger partial charge in [-0.1, -0.05) is 12.1 Å². The molecule has 2 N–H and O–H groups in total. The van der Waals surface area contributed by atoms with E-state index in [1.54, 1.807) is 22.6 Å². The zero-order valence-corrected chi connectivity index (χ0v) is 15.3. The predicted octanol–water partition coefficient (Wildman–Crippen LogP) is 2.71. The summed E-state index contributed by atoms with van der Waals surface area (Å²) >= 11 is 3.41. The zero-order chi connectivity index (χ0) is 18.8. The number of rotatable bonds is 5. The normalized spacial score (nSPS) is 12.1. The highest BCUT2D eigenvalue weighted by molar-refractivity contribution is 9.10. The van der Waals surface area contributed by atoms with Gasteiger partial charge in [0.1, 0.15) is 11.7 Å². The fourth-order valence-corrected chi connectivity index (χ4v) is 3.04. The molecule has 0 aliphatic carbocycles. The van der Waals surface area contributed by atoms with Gasteiger partial charge in [-0.3, -0.25) is 14.9 Å². The van der Waals surface area contributed by atoms with Crippen LogP contribution in [0.5, 0.6) is 0 Å². The molecule has 2 heterocycles. The molecule has 0 saturated heterocycles. The van der Waals surface area contributed by atoms with Crippen LogP contribution in [0.1, 0.15) is 5.69 Å². The number of halogens is 1. The van der Waals surface area contributed by atoms with Gasteiger partial charge in [0.05, 0.1) is 23.4 Å². The highest BCUT2D eigenvalue weighted by Crippen LogP contribution is 2.29. The fraction of sp³-hybridized carbons (Fsp3) is 0.176. The Morgan fingerprint density at radius 3 is 2.88 bits per heavy atom. The Bertz CT molecular complexity index is 1000. The molecule has 8 nitrogen and oxygen atoms in total. The third kappa shape index (κ3) is 3.44. The number of nitro benzene ring substituents is 1. The van der Waals surface area contributed by atoms with Crippen LogP contribution in [0.15, 0.2) is 47.1 Å². The van der Waals surface area contributed by atoms with Gasteiger partial charge in [0.25, 0.3) is 5.69 Å². The number of hydrogen-bond donors (Lipinski definition) is 1. The average molecular weight is 419 g/mol. The quantitative estimate of drug-likeness (QED) is 0.387. The molecule has 3 rings (SSSR count). The topological polar surface area (TPSA) is 113 Å². The van der Waals surface area contributed by atoms with E-state index >= 15 is 0 Å². The summed E-state index contributed by atoms with van der Waals surface area (Å²) in [5.41, 5.74) is 8.31. The van der Waals surface area contributed by atoms with Gasteiger partial charge in [-0.05, 0) is 28.1 Å². The Labute approximate surface area is 156 Å². The van der Waals surface area contributed by atoms with Gasteiger partial charge in [-0.15, -0.1) is 0 Å². The monoisotopic (exact) mass is 418 g/mol. The van der Waals surface area contributed by atoms with Crippen molar-refractivity contribution in [2.75, 3.05) is 7.11 Å². The Balaban J connectivity index is 2.18. The number of carbonyl (C=O) groups is 1. The van der Waals surface area contributed by atoms with Crippen LogP contribution in [0, 0.1) is 10.1 Å². The van der Waals surface area contributed by atoms with Crippen LogP contribution in [0.4, 0.5) is 5.69 Å². The van der Waals surface area contributed by atoms with Crippen LogP contribution in [0.3, 0.4) is 0 Å². The molecular formula is C17H15BrN4O4. The Kier molecular flexibility index (Phi) is 5.01. The first-order chi connectivity index (χ1) is 12.4. The van der Waals surface area contributed by atoms with Crippen LogP contribution in [0.2, 0.25) is 0 Å². The molecule has 0 spiro atoms. The standard InChI is InChI=1S/C17H15BrN4O4/c1-26-17(23)13(19)8-14-16(10-3-2-4-12(7-10)22(24)25)20-15-6-5-11(18)9-21(14)15/h2-7,9,13H,8,19H2,1H3. The lowest BCUT2D eigenvalue weighted by Gasteiger charge is -2.11. The number of aromatic nitrogens is 2. The summed E-state index contributed by atoms with van der Waals surface area (Å²) in [6.45, 7) is 0. The number of nitrogens with two attached hydrogens (primary N) is 1. The molecule has 0 aliphatic rings. The number of nitrogens with zero attached hydrogens (tertiary/aromatic N) is 3. The Morgan fingerprint density at radius 2 is 2.19 bits per heavy atom. The zero-order valence-electron chi connectivity index (χ0n) is 13.8. The summed E-state index contributed by atoms with van der Waals surface area (Å²) in [5.74, 6) is -0.542. The summed E-state index contributed by atoms with van der Waals surface area (Å²) in [6, 6.07) is 8.95. The van der Waals surface area contributed by atoms with E-state index in [2.05, 4.69) is 20.9 Å². The molecule has 26 heavy (non-hydrogen) atoms. The molecule has 0 bridgehead atoms. The molecule has 9 heteroatoms. The third-order valence-corrected chi connectivity index (χ3v) is 4.40. The number of esters is 1. The second kappa shape index (κ2) is 7.22. The van der Waals surface area contributed by atoms with Gasteiger partial charge in [0.15, 0.2) is 0 Å². The van der Waals surface area contributed by atoms with Crippen molar-refractivity contribution in [3.63, 3.8) is 0 Å². The van der Waals surface area contributed by atoms with Crippen LogP contribution < -0.4 is 5.73 Å². The first-order valence-electron chi connectivity index (χ1n) is 7.65. The van der Waals surface area contributed by atoms with E-state index in [-0.39, 0.29) is 12.1 Å². The smallest absolute Gasteiger partial charge is 0.323 e. The molecule has 0 radical (unpaired) electrons. The van der Waals surface area contributed by atoms with Crippen molar-refractivity contribution in [2.45, 2.75) is 12.5 Å². The number of benzene rings is 1. The molecule has 3 aromatic rings. The molecule has 0 aliphatic heterocycles.